The summed E-state index contributed by atoms with van der Waals surface area (Å²) >= 11 is 0. The van der Waals surface area contributed by atoms with Gasteiger partial charge in [-0.3, -0.25) is 0 Å². The summed E-state index contributed by atoms with van der Waals surface area (Å²) in [7, 11) is 0. The second-order valence-corrected chi connectivity index (χ2v) is 6.13. The fraction of sp³-hybridized carbons (Fsp3) is 0.143. The first-order valence-corrected chi connectivity index (χ1v) is 8.21. The zero-order valence-electron chi connectivity index (χ0n) is 13.8. The highest BCUT2D eigenvalue weighted by Crippen LogP contribution is 2.30. The molecule has 24 heavy (non-hydrogen) atoms. The summed E-state index contributed by atoms with van der Waals surface area (Å²) in [6.07, 6.45) is 0.113. The van der Waals surface area contributed by atoms with Crippen molar-refractivity contribution >= 4 is 33.3 Å². The van der Waals surface area contributed by atoms with Crippen molar-refractivity contribution in [1.29, 1.82) is 0 Å². The molecule has 1 atom stereocenters. The van der Waals surface area contributed by atoms with Crippen molar-refractivity contribution in [3.63, 3.8) is 0 Å². The molecule has 0 radical (unpaired) electrons. The Kier molecular flexibility index (Phi) is 3.62. The Balaban J connectivity index is 1.60. The maximum Gasteiger partial charge on any atom is 0.135 e. The first kappa shape index (κ1) is 14.6. The van der Waals surface area contributed by atoms with Gasteiger partial charge in [0.15, 0.2) is 0 Å². The van der Waals surface area contributed by atoms with E-state index in [1.807, 2.05) is 30.3 Å². The average Bonchev–Trinajstić information content (AvgIpc) is 2.95. The van der Waals surface area contributed by atoms with Gasteiger partial charge in [0, 0.05) is 22.1 Å². The monoisotopic (exact) mass is 316 g/mol. The van der Waals surface area contributed by atoms with Crippen LogP contribution in [0.15, 0.2) is 71.1 Å². The summed E-state index contributed by atoms with van der Waals surface area (Å²) in [4.78, 5) is 0. The van der Waals surface area contributed by atoms with E-state index < -0.39 is 0 Å². The van der Waals surface area contributed by atoms with E-state index in [1.54, 1.807) is 0 Å². The van der Waals surface area contributed by atoms with Gasteiger partial charge >= 0.3 is 0 Å². The van der Waals surface area contributed by atoms with Crippen molar-refractivity contribution < 1.29 is 4.42 Å². The number of aryl methyl sites for hydroxylation is 1. The van der Waals surface area contributed by atoms with Crippen LogP contribution >= 0.6 is 0 Å². The lowest BCUT2D eigenvalue weighted by Crippen LogP contribution is -2.25. The molecule has 0 aliphatic heterocycles. The van der Waals surface area contributed by atoms with Gasteiger partial charge in [-0.2, -0.15) is 0 Å². The molecule has 4 rings (SSSR count). The zero-order valence-corrected chi connectivity index (χ0v) is 13.8. The van der Waals surface area contributed by atoms with E-state index in [1.165, 1.54) is 5.56 Å². The number of para-hydroxylation sites is 2. The van der Waals surface area contributed by atoms with E-state index in [0.717, 1.165) is 33.3 Å². The predicted molar refractivity (Wildman–Crippen MR) is 102 cm³/mol. The van der Waals surface area contributed by atoms with Gasteiger partial charge in [0.1, 0.15) is 11.2 Å². The molecule has 0 bridgehead atoms. The fourth-order valence-corrected chi connectivity index (χ4v) is 3.07. The number of rotatable bonds is 4. The first-order valence-electron chi connectivity index (χ1n) is 8.21. The third kappa shape index (κ3) is 2.69. The molecule has 2 N–H and O–H groups in total. The van der Waals surface area contributed by atoms with Gasteiger partial charge in [0.05, 0.1) is 6.17 Å². The quantitative estimate of drug-likeness (QED) is 0.470. The Morgan fingerprint density at radius 3 is 2.42 bits per heavy atom. The topological polar surface area (TPSA) is 37.2 Å². The van der Waals surface area contributed by atoms with Crippen molar-refractivity contribution in [3.05, 3.63) is 72.3 Å². The third-order valence-electron chi connectivity index (χ3n) is 4.28. The van der Waals surface area contributed by atoms with Gasteiger partial charge in [-0.15, -0.1) is 0 Å². The summed E-state index contributed by atoms with van der Waals surface area (Å²) < 4.78 is 5.88. The van der Waals surface area contributed by atoms with Gasteiger partial charge in [-0.05, 0) is 49.7 Å². The van der Waals surface area contributed by atoms with E-state index in [4.69, 9.17) is 4.42 Å². The van der Waals surface area contributed by atoms with Gasteiger partial charge < -0.3 is 15.1 Å². The van der Waals surface area contributed by atoms with Crippen molar-refractivity contribution in [3.8, 4) is 0 Å². The molecule has 3 heteroatoms. The summed E-state index contributed by atoms with van der Waals surface area (Å²) in [6, 6.07) is 22.7. The molecule has 0 saturated heterocycles. The highest BCUT2D eigenvalue weighted by molar-refractivity contribution is 6.05. The van der Waals surface area contributed by atoms with Gasteiger partial charge in [-0.1, -0.05) is 36.4 Å². The summed E-state index contributed by atoms with van der Waals surface area (Å²) in [5.74, 6) is 0. The van der Waals surface area contributed by atoms with Crippen molar-refractivity contribution in [2.45, 2.75) is 20.0 Å². The molecule has 3 aromatic carbocycles. The van der Waals surface area contributed by atoms with Crippen molar-refractivity contribution in [1.82, 2.24) is 0 Å². The summed E-state index contributed by atoms with van der Waals surface area (Å²) in [6.45, 7) is 4.23. The second kappa shape index (κ2) is 5.93. The van der Waals surface area contributed by atoms with E-state index in [9.17, 15) is 0 Å². The smallest absolute Gasteiger partial charge is 0.135 e. The maximum atomic E-state index is 5.88. The lowest BCUT2D eigenvalue weighted by molar-refractivity contribution is 0.669. The van der Waals surface area contributed by atoms with E-state index in [0.29, 0.717) is 0 Å². The minimum absolute atomic E-state index is 0.113. The fourth-order valence-electron chi connectivity index (χ4n) is 3.07. The van der Waals surface area contributed by atoms with Crippen LogP contribution in [-0.2, 0) is 0 Å². The minimum Gasteiger partial charge on any atom is -0.456 e. The Morgan fingerprint density at radius 1 is 0.792 bits per heavy atom. The molecule has 3 nitrogen and oxygen atoms in total. The van der Waals surface area contributed by atoms with Crippen LogP contribution in [0.1, 0.15) is 12.5 Å². The molecule has 1 unspecified atom stereocenters. The molecule has 120 valence electrons. The third-order valence-corrected chi connectivity index (χ3v) is 4.28. The van der Waals surface area contributed by atoms with Crippen LogP contribution in [0.4, 0.5) is 11.4 Å². The van der Waals surface area contributed by atoms with Crippen LogP contribution in [-0.4, -0.2) is 6.17 Å². The van der Waals surface area contributed by atoms with Crippen LogP contribution in [0, 0.1) is 6.92 Å². The molecule has 0 saturated carbocycles. The summed E-state index contributed by atoms with van der Waals surface area (Å²) in [5.41, 5.74) is 5.30. The standard InChI is InChI=1S/C21H20N2O/c1-14-7-3-5-9-19(14)23-15(2)22-16-11-12-21-18(13-16)17-8-4-6-10-20(17)24-21/h3-13,15,22-23H,1-2H3. The predicted octanol–water partition coefficient (Wildman–Crippen LogP) is 5.76. The van der Waals surface area contributed by atoms with Gasteiger partial charge in [0.2, 0.25) is 0 Å². The number of fused-ring (bicyclic) bond motifs is 3. The molecule has 0 spiro atoms. The summed E-state index contributed by atoms with van der Waals surface area (Å²) in [5, 5.41) is 9.30. The number of anilines is 2. The molecule has 4 aromatic rings. The number of benzene rings is 3. The Hall–Kier alpha value is -2.94. The molecule has 1 heterocycles. The van der Waals surface area contributed by atoms with Crippen LogP contribution in [0.2, 0.25) is 0 Å². The molecular weight excluding hydrogens is 296 g/mol. The Bertz CT molecular complexity index is 1000. The number of nitrogens with one attached hydrogen (secondary N) is 2. The van der Waals surface area contributed by atoms with Crippen LogP contribution in [0.25, 0.3) is 21.9 Å². The number of furan rings is 1. The maximum absolute atomic E-state index is 5.88. The van der Waals surface area contributed by atoms with E-state index >= 15 is 0 Å². The van der Waals surface area contributed by atoms with Crippen molar-refractivity contribution in [2.24, 2.45) is 0 Å². The molecule has 0 aliphatic rings. The normalized spacial score (nSPS) is 12.4. The van der Waals surface area contributed by atoms with E-state index in [2.05, 4.69) is 60.9 Å². The van der Waals surface area contributed by atoms with Crippen LogP contribution in [0.5, 0.6) is 0 Å². The molecule has 1 aromatic heterocycles. The molecular formula is C21H20N2O. The van der Waals surface area contributed by atoms with Crippen LogP contribution < -0.4 is 10.6 Å². The first-order chi connectivity index (χ1) is 11.7. The Labute approximate surface area is 141 Å². The average molecular weight is 316 g/mol. The SMILES string of the molecule is Cc1ccccc1NC(C)Nc1ccc2oc3ccccc3c2c1. The lowest BCUT2D eigenvalue weighted by atomic mass is 10.1. The van der Waals surface area contributed by atoms with E-state index in [-0.39, 0.29) is 6.17 Å². The highest BCUT2D eigenvalue weighted by Gasteiger charge is 2.08. The van der Waals surface area contributed by atoms with Gasteiger partial charge in [0.25, 0.3) is 0 Å². The number of hydrogen-bond acceptors (Lipinski definition) is 3. The molecule has 0 amide bonds. The highest BCUT2D eigenvalue weighted by atomic mass is 16.3. The molecule has 0 fully saturated rings. The Morgan fingerprint density at radius 2 is 1.54 bits per heavy atom. The number of hydrogen-bond donors (Lipinski definition) is 2. The lowest BCUT2D eigenvalue weighted by Gasteiger charge is -2.19. The van der Waals surface area contributed by atoms with Gasteiger partial charge in [-0.25, -0.2) is 0 Å². The largest absolute Gasteiger partial charge is 0.456 e. The second-order valence-electron chi connectivity index (χ2n) is 6.13. The molecule has 0 aliphatic carbocycles. The minimum atomic E-state index is 0.113. The van der Waals surface area contributed by atoms with Crippen molar-refractivity contribution in [2.75, 3.05) is 10.6 Å². The van der Waals surface area contributed by atoms with Crippen LogP contribution in [0.3, 0.4) is 0 Å². The zero-order chi connectivity index (χ0) is 16.5.